The minimum absolute atomic E-state index is 0.0694. The summed E-state index contributed by atoms with van der Waals surface area (Å²) < 4.78 is 49.8. The van der Waals surface area contributed by atoms with Crippen LogP contribution >= 0.6 is 11.6 Å². The Bertz CT molecular complexity index is 1970. The lowest BCUT2D eigenvalue weighted by Gasteiger charge is -2.34. The Morgan fingerprint density at radius 1 is 0.918 bits per heavy atom. The van der Waals surface area contributed by atoms with Gasteiger partial charge in [0, 0.05) is 67.9 Å². The monoisotopic (exact) mass is 691 g/mol. The highest BCUT2D eigenvalue weighted by Crippen LogP contribution is 2.28. The Balaban J connectivity index is 1.03. The number of nitrogens with zero attached hydrogens (tertiary/aromatic N) is 4. The second kappa shape index (κ2) is 14.2. The van der Waals surface area contributed by atoms with Crippen molar-refractivity contribution in [3.8, 4) is 17.4 Å². The highest BCUT2D eigenvalue weighted by atomic mass is 35.5. The lowest BCUT2D eigenvalue weighted by atomic mass is 10.1. The fourth-order valence-electron chi connectivity index (χ4n) is 5.59. The molecule has 1 N–H and O–H groups in total. The Hall–Kier alpha value is -5.07. The van der Waals surface area contributed by atoms with Crippen molar-refractivity contribution in [3.63, 3.8) is 0 Å². The first-order chi connectivity index (χ1) is 23.4. The predicted octanol–water partition coefficient (Wildman–Crippen LogP) is 7.48. The quantitative estimate of drug-likeness (QED) is 0.173. The van der Waals surface area contributed by atoms with Gasteiger partial charge in [0.2, 0.25) is 5.88 Å². The van der Waals surface area contributed by atoms with E-state index in [-0.39, 0.29) is 17.6 Å². The molecule has 0 saturated carbocycles. The molecule has 1 aliphatic heterocycles. The van der Waals surface area contributed by atoms with Crippen molar-refractivity contribution in [2.24, 2.45) is 7.05 Å². The lowest BCUT2D eigenvalue weighted by Crippen LogP contribution is -2.48. The summed E-state index contributed by atoms with van der Waals surface area (Å²) in [6.45, 7) is 3.55. The minimum Gasteiger partial charge on any atom is -0.484 e. The molecule has 0 unspecified atom stereocenters. The van der Waals surface area contributed by atoms with E-state index in [0.717, 1.165) is 22.0 Å². The first kappa shape index (κ1) is 33.8. The third-order valence-corrected chi connectivity index (χ3v) is 8.69. The molecule has 254 valence electrons. The van der Waals surface area contributed by atoms with Crippen molar-refractivity contribution in [2.45, 2.75) is 19.6 Å². The van der Waals surface area contributed by atoms with Gasteiger partial charge in [-0.15, -0.1) is 0 Å². The number of nitrogens with one attached hydrogen (secondary N) is 1. The van der Waals surface area contributed by atoms with Crippen molar-refractivity contribution in [1.82, 2.24) is 19.4 Å². The second-order valence-corrected chi connectivity index (χ2v) is 12.2. The standard InChI is InChI=1S/C36H33ClF3N5O4/c1-23-17-26(6-11-30(23)37)34(46)42-27-7-12-33(41-20-27)49-29-10-5-25-18-32(43(2)31(25)19-29)35(47)45-15-13-44(14-16-45)21-24-3-8-28(9-4-24)48-22-36(38,39)40/h3-12,17-20H,13-16,21-22H2,1-2H3,(H,42,46). The molecule has 0 atom stereocenters. The summed E-state index contributed by atoms with van der Waals surface area (Å²) in [5, 5.41) is 4.30. The molecule has 13 heteroatoms. The van der Waals surface area contributed by atoms with E-state index in [0.29, 0.717) is 66.3 Å². The molecule has 9 nitrogen and oxygen atoms in total. The molecule has 2 amide bonds. The number of anilines is 1. The number of benzene rings is 3. The number of rotatable bonds is 9. The van der Waals surface area contributed by atoms with Crippen LogP contribution in [0.5, 0.6) is 17.4 Å². The molecule has 0 bridgehead atoms. The number of fused-ring (bicyclic) bond motifs is 1. The van der Waals surface area contributed by atoms with Crippen LogP contribution in [0.25, 0.3) is 10.9 Å². The van der Waals surface area contributed by atoms with Crippen molar-refractivity contribution < 1.29 is 32.2 Å². The van der Waals surface area contributed by atoms with E-state index in [1.165, 1.54) is 18.3 Å². The van der Waals surface area contributed by atoms with Gasteiger partial charge in [0.15, 0.2) is 6.61 Å². The van der Waals surface area contributed by atoms with Gasteiger partial charge in [-0.25, -0.2) is 4.98 Å². The third kappa shape index (κ3) is 8.33. The second-order valence-electron chi connectivity index (χ2n) is 11.8. The molecule has 1 aliphatic rings. The molecule has 2 aromatic heterocycles. The van der Waals surface area contributed by atoms with Crippen molar-refractivity contribution in [2.75, 3.05) is 38.1 Å². The summed E-state index contributed by atoms with van der Waals surface area (Å²) in [5.41, 5.74) is 4.14. The molecule has 0 spiro atoms. The van der Waals surface area contributed by atoms with Gasteiger partial charge in [-0.2, -0.15) is 13.2 Å². The molecule has 3 aromatic carbocycles. The molecular weight excluding hydrogens is 659 g/mol. The zero-order chi connectivity index (χ0) is 34.7. The van der Waals surface area contributed by atoms with Gasteiger partial charge >= 0.3 is 6.18 Å². The van der Waals surface area contributed by atoms with E-state index in [1.54, 1.807) is 42.5 Å². The lowest BCUT2D eigenvalue weighted by molar-refractivity contribution is -0.153. The van der Waals surface area contributed by atoms with Crippen molar-refractivity contribution >= 4 is 40.0 Å². The SMILES string of the molecule is Cc1cc(C(=O)Nc2ccc(Oc3ccc4cc(C(=O)N5CCN(Cc6ccc(OCC(F)(F)F)cc6)CC5)n(C)c4c3)nc2)ccc1Cl. The normalized spacial score (nSPS) is 13.8. The number of amides is 2. The highest BCUT2D eigenvalue weighted by molar-refractivity contribution is 6.31. The zero-order valence-corrected chi connectivity index (χ0v) is 27.5. The van der Waals surface area contributed by atoms with Gasteiger partial charge in [0.05, 0.1) is 17.4 Å². The van der Waals surface area contributed by atoms with E-state index >= 15 is 0 Å². The van der Waals surface area contributed by atoms with Crippen LogP contribution in [0.15, 0.2) is 85.1 Å². The van der Waals surface area contributed by atoms with Gasteiger partial charge in [0.25, 0.3) is 11.8 Å². The van der Waals surface area contributed by atoms with Crippen LogP contribution in [-0.2, 0) is 13.6 Å². The summed E-state index contributed by atoms with van der Waals surface area (Å²) in [6, 6.07) is 22.4. The average Bonchev–Trinajstić information content (AvgIpc) is 3.41. The fourth-order valence-corrected chi connectivity index (χ4v) is 5.71. The largest absolute Gasteiger partial charge is 0.484 e. The molecule has 1 fully saturated rings. The summed E-state index contributed by atoms with van der Waals surface area (Å²) in [6.07, 6.45) is -2.87. The summed E-state index contributed by atoms with van der Waals surface area (Å²) in [5.74, 6) is 0.710. The molecule has 5 aromatic rings. The van der Waals surface area contributed by atoms with Gasteiger partial charge in [-0.3, -0.25) is 14.5 Å². The number of aryl methyl sites for hydroxylation is 2. The van der Waals surface area contributed by atoms with Crippen LogP contribution in [-0.4, -0.2) is 70.1 Å². The number of ether oxygens (including phenoxy) is 2. The summed E-state index contributed by atoms with van der Waals surface area (Å²) >= 11 is 6.06. The predicted molar refractivity (Wildman–Crippen MR) is 181 cm³/mol. The Morgan fingerprint density at radius 3 is 2.33 bits per heavy atom. The number of hydrogen-bond acceptors (Lipinski definition) is 6. The number of carbonyl (C=O) groups excluding carboxylic acids is 2. The average molecular weight is 692 g/mol. The van der Waals surface area contributed by atoms with Crippen LogP contribution in [0.4, 0.5) is 18.9 Å². The van der Waals surface area contributed by atoms with Gasteiger partial charge in [-0.1, -0.05) is 23.7 Å². The number of piperazine rings is 1. The Kier molecular flexibility index (Phi) is 9.79. The van der Waals surface area contributed by atoms with E-state index in [1.807, 2.05) is 47.7 Å². The first-order valence-electron chi connectivity index (χ1n) is 15.5. The van der Waals surface area contributed by atoms with E-state index in [4.69, 9.17) is 21.1 Å². The van der Waals surface area contributed by atoms with Crippen molar-refractivity contribution in [1.29, 1.82) is 0 Å². The van der Waals surface area contributed by atoms with Crippen LogP contribution in [0.1, 0.15) is 32.0 Å². The summed E-state index contributed by atoms with van der Waals surface area (Å²) in [7, 11) is 1.84. The zero-order valence-electron chi connectivity index (χ0n) is 26.8. The van der Waals surface area contributed by atoms with Gasteiger partial charge in [0.1, 0.15) is 17.2 Å². The van der Waals surface area contributed by atoms with Gasteiger partial charge < -0.3 is 24.3 Å². The smallest absolute Gasteiger partial charge is 0.422 e. The Morgan fingerprint density at radius 2 is 1.65 bits per heavy atom. The third-order valence-electron chi connectivity index (χ3n) is 8.26. The van der Waals surface area contributed by atoms with Crippen LogP contribution < -0.4 is 14.8 Å². The van der Waals surface area contributed by atoms with Crippen LogP contribution in [0.2, 0.25) is 5.02 Å². The maximum atomic E-state index is 13.5. The molecule has 0 aliphatic carbocycles. The van der Waals surface area contributed by atoms with E-state index in [2.05, 4.69) is 15.2 Å². The first-order valence-corrected chi connectivity index (χ1v) is 15.9. The molecule has 49 heavy (non-hydrogen) atoms. The highest BCUT2D eigenvalue weighted by Gasteiger charge is 2.28. The maximum absolute atomic E-state index is 13.5. The fraction of sp³-hybridized carbons (Fsp3) is 0.250. The number of pyridine rings is 1. The maximum Gasteiger partial charge on any atom is 0.422 e. The van der Waals surface area contributed by atoms with E-state index in [9.17, 15) is 22.8 Å². The molecule has 6 rings (SSSR count). The molecular formula is C36H33ClF3N5O4. The molecule has 1 saturated heterocycles. The Labute approximate surface area is 285 Å². The number of hydrogen-bond donors (Lipinski definition) is 1. The van der Waals surface area contributed by atoms with Crippen LogP contribution in [0, 0.1) is 6.92 Å². The number of carbonyl (C=O) groups is 2. The molecule has 3 heterocycles. The number of halogens is 4. The van der Waals surface area contributed by atoms with Gasteiger partial charge in [-0.05, 0) is 72.6 Å². The van der Waals surface area contributed by atoms with E-state index < -0.39 is 12.8 Å². The topological polar surface area (TPSA) is 88.9 Å². The van der Waals surface area contributed by atoms with Crippen LogP contribution in [0.3, 0.4) is 0 Å². The summed E-state index contributed by atoms with van der Waals surface area (Å²) in [4.78, 5) is 34.5. The minimum atomic E-state index is -4.38. The number of aromatic nitrogens is 2. The van der Waals surface area contributed by atoms with Crippen molar-refractivity contribution in [3.05, 3.63) is 112 Å². The molecule has 0 radical (unpaired) electrons. The number of alkyl halides is 3.